The number of nitrogens with one attached hydrogen (secondary N) is 1. The van der Waals surface area contributed by atoms with E-state index in [0.29, 0.717) is 11.3 Å². The molecule has 0 aromatic heterocycles. The van der Waals surface area contributed by atoms with E-state index in [2.05, 4.69) is 5.32 Å². The minimum Gasteiger partial charge on any atom is -0.324 e. The molecule has 0 aliphatic carbocycles. The first kappa shape index (κ1) is 17.2. The number of anilines is 1. The summed E-state index contributed by atoms with van der Waals surface area (Å²) in [6.07, 6.45) is 1.09. The lowest BCUT2D eigenvalue weighted by Gasteiger charge is -2.25. The molecular weight excluding hydrogens is 312 g/mol. The molecule has 1 N–H and O–H groups in total. The Morgan fingerprint density at radius 2 is 1.61 bits per heavy atom. The maximum Gasteiger partial charge on any atom is 0.247 e. The minimum absolute atomic E-state index is 0.395. The second-order valence-corrected chi connectivity index (χ2v) is 7.49. The van der Waals surface area contributed by atoms with E-state index in [1.165, 1.54) is 7.05 Å². The fourth-order valence-electron chi connectivity index (χ4n) is 2.20. The van der Waals surface area contributed by atoms with Gasteiger partial charge >= 0.3 is 0 Å². The van der Waals surface area contributed by atoms with Gasteiger partial charge in [0.15, 0.2) is 0 Å². The van der Waals surface area contributed by atoms with Gasteiger partial charge in [0.05, 0.1) is 6.26 Å². The zero-order valence-electron chi connectivity index (χ0n) is 13.4. The van der Waals surface area contributed by atoms with E-state index in [9.17, 15) is 13.2 Å². The van der Waals surface area contributed by atoms with Gasteiger partial charge in [0, 0.05) is 12.7 Å². The first-order valence-corrected chi connectivity index (χ1v) is 8.99. The van der Waals surface area contributed by atoms with Crippen LogP contribution in [0.15, 0.2) is 54.6 Å². The summed E-state index contributed by atoms with van der Waals surface area (Å²) < 4.78 is 24.9. The number of likely N-dealkylation sites (N-methyl/N-ethyl adjacent to an activating group) is 1. The third kappa shape index (κ3) is 4.40. The molecule has 5 nitrogen and oxygen atoms in total. The van der Waals surface area contributed by atoms with Gasteiger partial charge in [-0.25, -0.2) is 8.42 Å². The van der Waals surface area contributed by atoms with Crippen LogP contribution in [0.2, 0.25) is 0 Å². The van der Waals surface area contributed by atoms with Gasteiger partial charge < -0.3 is 5.32 Å². The molecule has 1 atom stereocenters. The lowest BCUT2D eigenvalue weighted by atomic mass is 10.1. The molecule has 0 radical (unpaired) electrons. The van der Waals surface area contributed by atoms with Gasteiger partial charge in [0.25, 0.3) is 0 Å². The van der Waals surface area contributed by atoms with Crippen LogP contribution in [0.4, 0.5) is 5.69 Å². The Labute approximate surface area is 137 Å². The van der Waals surface area contributed by atoms with Crippen LogP contribution in [0.3, 0.4) is 0 Å². The Hall–Kier alpha value is -2.18. The Bertz CT molecular complexity index is 771. The molecule has 0 bridgehead atoms. The highest BCUT2D eigenvalue weighted by atomic mass is 32.2. The number of hydrogen-bond acceptors (Lipinski definition) is 3. The number of nitrogens with zero attached hydrogens (tertiary/aromatic N) is 1. The van der Waals surface area contributed by atoms with Crippen molar-refractivity contribution in [1.29, 1.82) is 0 Å². The van der Waals surface area contributed by atoms with Gasteiger partial charge in [-0.1, -0.05) is 48.0 Å². The number of sulfonamides is 1. The maximum absolute atomic E-state index is 12.7. The fraction of sp³-hybridized carbons (Fsp3) is 0.235. The highest BCUT2D eigenvalue weighted by Gasteiger charge is 2.30. The lowest BCUT2D eigenvalue weighted by molar-refractivity contribution is -0.119. The molecule has 2 rings (SSSR count). The van der Waals surface area contributed by atoms with Crippen LogP contribution in [-0.4, -0.2) is 31.9 Å². The lowest BCUT2D eigenvalue weighted by Crippen LogP contribution is -2.38. The molecular formula is C17H20N2O3S. The van der Waals surface area contributed by atoms with Gasteiger partial charge in [-0.2, -0.15) is 4.31 Å². The van der Waals surface area contributed by atoms with Crippen molar-refractivity contribution in [3.63, 3.8) is 0 Å². The van der Waals surface area contributed by atoms with Crippen LogP contribution in [0.25, 0.3) is 0 Å². The van der Waals surface area contributed by atoms with Crippen LogP contribution in [0.5, 0.6) is 0 Å². The molecule has 2 aromatic rings. The molecule has 6 heteroatoms. The third-order valence-corrected chi connectivity index (χ3v) is 4.83. The summed E-state index contributed by atoms with van der Waals surface area (Å²) in [5.74, 6) is -0.395. The molecule has 0 saturated heterocycles. The number of hydrogen-bond donors (Lipinski definition) is 1. The fourth-order valence-corrected chi connectivity index (χ4v) is 2.80. The molecule has 0 unspecified atom stereocenters. The Kier molecular flexibility index (Phi) is 5.18. The second-order valence-electron chi connectivity index (χ2n) is 5.45. The monoisotopic (exact) mass is 332 g/mol. The Balaban J connectivity index is 2.33. The number of rotatable bonds is 5. The summed E-state index contributed by atoms with van der Waals surface area (Å²) in [5.41, 5.74) is 2.32. The Morgan fingerprint density at radius 1 is 1.04 bits per heavy atom. The van der Waals surface area contributed by atoms with E-state index in [1.54, 1.807) is 36.4 Å². The van der Waals surface area contributed by atoms with Crippen molar-refractivity contribution in [2.24, 2.45) is 0 Å². The average Bonchev–Trinajstić information content (AvgIpc) is 2.50. The first-order chi connectivity index (χ1) is 10.8. The standard InChI is InChI=1S/C17H20N2O3S/c1-13-9-11-15(12-10-13)18-17(20)16(19(2)23(3,21)22)14-7-5-4-6-8-14/h4-12,16H,1-3H3,(H,18,20)/t16-/m0/s1. The molecule has 0 heterocycles. The average molecular weight is 332 g/mol. The van der Waals surface area contributed by atoms with Crippen LogP contribution < -0.4 is 5.32 Å². The number of amides is 1. The topological polar surface area (TPSA) is 66.5 Å². The number of carbonyl (C=O) groups excluding carboxylic acids is 1. The van der Waals surface area contributed by atoms with Crippen molar-refractivity contribution in [1.82, 2.24) is 4.31 Å². The number of benzene rings is 2. The molecule has 0 aliphatic rings. The van der Waals surface area contributed by atoms with Gasteiger partial charge in [-0.3, -0.25) is 4.79 Å². The summed E-state index contributed by atoms with van der Waals surface area (Å²) >= 11 is 0. The number of aryl methyl sites for hydroxylation is 1. The largest absolute Gasteiger partial charge is 0.324 e. The number of carbonyl (C=O) groups is 1. The van der Waals surface area contributed by atoms with Crippen molar-refractivity contribution in [3.8, 4) is 0 Å². The Morgan fingerprint density at radius 3 is 2.13 bits per heavy atom. The van der Waals surface area contributed by atoms with E-state index in [4.69, 9.17) is 0 Å². The van der Waals surface area contributed by atoms with Gasteiger partial charge in [0.2, 0.25) is 15.9 Å². The smallest absolute Gasteiger partial charge is 0.247 e. The molecule has 0 fully saturated rings. The second kappa shape index (κ2) is 6.93. The van der Waals surface area contributed by atoms with E-state index < -0.39 is 22.0 Å². The van der Waals surface area contributed by atoms with Gasteiger partial charge in [-0.05, 0) is 24.6 Å². The van der Waals surface area contributed by atoms with E-state index >= 15 is 0 Å². The summed E-state index contributed by atoms with van der Waals surface area (Å²) in [6, 6.07) is 15.3. The van der Waals surface area contributed by atoms with E-state index in [-0.39, 0.29) is 0 Å². The first-order valence-electron chi connectivity index (χ1n) is 7.14. The molecule has 0 spiro atoms. The van der Waals surface area contributed by atoms with Crippen molar-refractivity contribution in [3.05, 3.63) is 65.7 Å². The summed E-state index contributed by atoms with van der Waals surface area (Å²) in [6.45, 7) is 1.95. The highest BCUT2D eigenvalue weighted by Crippen LogP contribution is 2.23. The van der Waals surface area contributed by atoms with Crippen LogP contribution >= 0.6 is 0 Å². The van der Waals surface area contributed by atoms with Crippen molar-refractivity contribution in [2.45, 2.75) is 13.0 Å². The van der Waals surface area contributed by atoms with Crippen LogP contribution in [0, 0.1) is 6.92 Å². The summed E-state index contributed by atoms with van der Waals surface area (Å²) in [7, 11) is -2.12. The maximum atomic E-state index is 12.7. The van der Waals surface area contributed by atoms with Crippen molar-refractivity contribution in [2.75, 3.05) is 18.6 Å². The molecule has 0 aliphatic heterocycles. The predicted molar refractivity (Wildman–Crippen MR) is 91.6 cm³/mol. The van der Waals surface area contributed by atoms with Gasteiger partial charge in [-0.15, -0.1) is 0 Å². The summed E-state index contributed by atoms with van der Waals surface area (Å²) in [4.78, 5) is 12.7. The SMILES string of the molecule is Cc1ccc(NC(=O)[C@H](c2ccccc2)N(C)S(C)(=O)=O)cc1. The van der Waals surface area contributed by atoms with Crippen molar-refractivity contribution >= 4 is 21.6 Å². The molecule has 0 saturated carbocycles. The molecule has 1 amide bonds. The predicted octanol–water partition coefficient (Wildman–Crippen LogP) is 2.57. The zero-order valence-corrected chi connectivity index (χ0v) is 14.2. The molecule has 122 valence electrons. The van der Waals surface area contributed by atoms with Crippen molar-refractivity contribution < 1.29 is 13.2 Å². The zero-order chi connectivity index (χ0) is 17.0. The van der Waals surface area contributed by atoms with E-state index in [1.807, 2.05) is 25.1 Å². The third-order valence-electron chi connectivity index (χ3n) is 3.57. The van der Waals surface area contributed by atoms with Gasteiger partial charge in [0.1, 0.15) is 6.04 Å². The van der Waals surface area contributed by atoms with Crippen LogP contribution in [0.1, 0.15) is 17.2 Å². The highest BCUT2D eigenvalue weighted by molar-refractivity contribution is 7.88. The molecule has 23 heavy (non-hydrogen) atoms. The van der Waals surface area contributed by atoms with Crippen LogP contribution in [-0.2, 0) is 14.8 Å². The van der Waals surface area contributed by atoms with E-state index in [0.717, 1.165) is 16.1 Å². The quantitative estimate of drug-likeness (QED) is 0.915. The summed E-state index contributed by atoms with van der Waals surface area (Å²) in [5, 5.41) is 2.78. The minimum atomic E-state index is -3.52. The normalized spacial score (nSPS) is 12.9. The molecule has 2 aromatic carbocycles.